The van der Waals surface area contributed by atoms with Crippen LogP contribution in [0, 0.1) is 11.6 Å². The normalized spacial score (nSPS) is 16.6. The van der Waals surface area contributed by atoms with E-state index in [0.717, 1.165) is 46.5 Å². The van der Waals surface area contributed by atoms with Crippen LogP contribution in [0.15, 0.2) is 52.0 Å². The summed E-state index contributed by atoms with van der Waals surface area (Å²) in [5, 5.41) is 0.974. The van der Waals surface area contributed by atoms with Gasteiger partial charge in [-0.1, -0.05) is 31.5 Å². The molecule has 232 valence electrons. The number of methoxy groups -OCH3 is 1. The highest BCUT2D eigenvalue weighted by atomic mass is 35.5. The van der Waals surface area contributed by atoms with Crippen molar-refractivity contribution in [2.24, 2.45) is 4.99 Å². The highest BCUT2D eigenvalue weighted by molar-refractivity contribution is 8.13. The standard InChI is InChI=1S/C32H45ClF2N3O2S2/c1-22(32(3,4)24-11-14-29(34)31(17-24)40-8)20-36-23(2)41-21-27-28(33)18-26(19-30(27)35)42(9,39)37(25-12-13-25)15-10-16-38(5,6)7/h11,14,17-20,25H,9-10,12-13,15-16,21H2,1-8H3/q+1/b22-20+,36-23?. The van der Waals surface area contributed by atoms with Crippen LogP contribution in [0.4, 0.5) is 8.78 Å². The van der Waals surface area contributed by atoms with Crippen molar-refractivity contribution < 1.29 is 22.2 Å². The molecule has 10 heteroatoms. The summed E-state index contributed by atoms with van der Waals surface area (Å²) >= 11 is 7.94. The van der Waals surface area contributed by atoms with Crippen molar-refractivity contribution in [3.05, 3.63) is 69.9 Å². The maximum atomic E-state index is 15.4. The summed E-state index contributed by atoms with van der Waals surface area (Å²) < 4.78 is 51.1. The van der Waals surface area contributed by atoms with Gasteiger partial charge in [-0.15, -0.1) is 11.8 Å². The van der Waals surface area contributed by atoms with E-state index in [1.807, 2.05) is 32.0 Å². The molecule has 0 spiro atoms. The van der Waals surface area contributed by atoms with E-state index < -0.39 is 26.8 Å². The molecule has 0 amide bonds. The molecule has 0 aromatic heterocycles. The molecule has 2 aromatic rings. The van der Waals surface area contributed by atoms with Crippen LogP contribution in [-0.2, 0) is 20.9 Å². The Kier molecular flexibility index (Phi) is 11.4. The fourth-order valence-electron chi connectivity index (χ4n) is 4.51. The average molecular weight is 641 g/mol. The zero-order valence-corrected chi connectivity index (χ0v) is 28.5. The second-order valence-electron chi connectivity index (χ2n) is 12.5. The lowest BCUT2D eigenvalue weighted by Crippen LogP contribution is -2.39. The van der Waals surface area contributed by atoms with Crippen molar-refractivity contribution in [3.63, 3.8) is 0 Å². The summed E-state index contributed by atoms with van der Waals surface area (Å²) in [6, 6.07) is 8.01. The fourth-order valence-corrected chi connectivity index (χ4v) is 7.68. The topological polar surface area (TPSA) is 41.9 Å². The summed E-state index contributed by atoms with van der Waals surface area (Å²) in [6.45, 7) is 9.49. The lowest BCUT2D eigenvalue weighted by Gasteiger charge is -2.29. The van der Waals surface area contributed by atoms with Crippen molar-refractivity contribution in [2.45, 2.75) is 69.1 Å². The number of quaternary nitrogens is 1. The van der Waals surface area contributed by atoms with Gasteiger partial charge in [-0.2, -0.15) is 0 Å². The van der Waals surface area contributed by atoms with E-state index in [1.54, 1.807) is 24.4 Å². The highest BCUT2D eigenvalue weighted by Gasteiger charge is 2.35. The molecule has 1 aliphatic carbocycles. The molecule has 0 heterocycles. The van der Waals surface area contributed by atoms with Gasteiger partial charge in [0.15, 0.2) is 11.6 Å². The Morgan fingerprint density at radius 2 is 1.88 bits per heavy atom. The third-order valence-electron chi connectivity index (χ3n) is 7.75. The van der Waals surface area contributed by atoms with Gasteiger partial charge in [-0.05, 0) is 68.0 Å². The number of aliphatic imine (C=N–C) groups is 1. The van der Waals surface area contributed by atoms with Gasteiger partial charge in [0.25, 0.3) is 0 Å². The van der Waals surface area contributed by atoms with E-state index in [9.17, 15) is 8.60 Å². The Balaban J connectivity index is 1.72. The Labute approximate surface area is 260 Å². The van der Waals surface area contributed by atoms with Crippen LogP contribution in [0.1, 0.15) is 58.1 Å². The first-order valence-corrected chi connectivity index (χ1v) is 17.1. The lowest BCUT2D eigenvalue weighted by atomic mass is 9.78. The molecule has 0 N–H and O–H groups in total. The van der Waals surface area contributed by atoms with Crippen LogP contribution >= 0.6 is 23.4 Å². The summed E-state index contributed by atoms with van der Waals surface area (Å²) in [5.41, 5.74) is 1.80. The van der Waals surface area contributed by atoms with Gasteiger partial charge in [0, 0.05) is 51.9 Å². The Morgan fingerprint density at radius 3 is 2.45 bits per heavy atom. The van der Waals surface area contributed by atoms with Crippen LogP contribution in [0.2, 0.25) is 5.02 Å². The highest BCUT2D eigenvalue weighted by Crippen LogP contribution is 2.36. The number of hydrogen-bond donors (Lipinski definition) is 0. The molecule has 3 rings (SSSR count). The Morgan fingerprint density at radius 1 is 1.21 bits per heavy atom. The van der Waals surface area contributed by atoms with Crippen LogP contribution in [0.25, 0.3) is 0 Å². The number of nitrogens with zero attached hydrogens (tertiary/aromatic N) is 3. The van der Waals surface area contributed by atoms with Crippen molar-refractivity contribution in [1.29, 1.82) is 0 Å². The number of allylic oxidation sites excluding steroid dienone is 1. The maximum Gasteiger partial charge on any atom is 0.165 e. The van der Waals surface area contributed by atoms with Crippen molar-refractivity contribution >= 4 is 44.0 Å². The van der Waals surface area contributed by atoms with Crippen LogP contribution in [0.3, 0.4) is 0 Å². The smallest absolute Gasteiger partial charge is 0.165 e. The van der Waals surface area contributed by atoms with Gasteiger partial charge < -0.3 is 9.22 Å². The molecule has 2 aromatic carbocycles. The minimum absolute atomic E-state index is 0.198. The third kappa shape index (κ3) is 8.82. The monoisotopic (exact) mass is 640 g/mol. The summed E-state index contributed by atoms with van der Waals surface area (Å²) in [4.78, 5) is 4.92. The molecule has 0 aliphatic heterocycles. The quantitative estimate of drug-likeness (QED) is 0.0975. The fraction of sp³-hybridized carbons (Fsp3) is 0.500. The molecule has 1 aliphatic rings. The van der Waals surface area contributed by atoms with Crippen molar-refractivity contribution in [1.82, 2.24) is 4.31 Å². The summed E-state index contributed by atoms with van der Waals surface area (Å²) in [6.07, 6.45) is 4.61. The van der Waals surface area contributed by atoms with Gasteiger partial charge in [0.05, 0.1) is 49.5 Å². The maximum absolute atomic E-state index is 15.4. The number of hydrogen-bond acceptors (Lipinski definition) is 4. The number of rotatable bonds is 13. The lowest BCUT2D eigenvalue weighted by molar-refractivity contribution is -0.870. The third-order valence-corrected chi connectivity index (χ3v) is 11.3. The minimum Gasteiger partial charge on any atom is -0.494 e. The zero-order chi connectivity index (χ0) is 31.5. The molecular weight excluding hydrogens is 596 g/mol. The summed E-state index contributed by atoms with van der Waals surface area (Å²) in [7, 11) is 4.96. The van der Waals surface area contributed by atoms with Crippen molar-refractivity contribution in [3.8, 4) is 5.75 Å². The van der Waals surface area contributed by atoms with E-state index in [2.05, 4.69) is 32.0 Å². The van der Waals surface area contributed by atoms with E-state index >= 15 is 4.39 Å². The van der Waals surface area contributed by atoms with Crippen LogP contribution < -0.4 is 4.74 Å². The molecule has 1 unspecified atom stereocenters. The largest absolute Gasteiger partial charge is 0.494 e. The van der Waals surface area contributed by atoms with Crippen LogP contribution in [-0.4, -0.2) is 71.3 Å². The van der Waals surface area contributed by atoms with Gasteiger partial charge in [0.2, 0.25) is 0 Å². The zero-order valence-electron chi connectivity index (χ0n) is 26.1. The molecular formula is C32H45ClF2N3O2S2+. The molecule has 5 nitrogen and oxygen atoms in total. The van der Waals surface area contributed by atoms with Gasteiger partial charge in [-0.3, -0.25) is 4.99 Å². The molecule has 1 saturated carbocycles. The second-order valence-corrected chi connectivity index (χ2v) is 16.3. The Bertz CT molecular complexity index is 1420. The van der Waals surface area contributed by atoms with E-state index in [0.29, 0.717) is 17.0 Å². The predicted octanol–water partition coefficient (Wildman–Crippen LogP) is 7.71. The van der Waals surface area contributed by atoms with Crippen molar-refractivity contribution in [2.75, 3.05) is 41.3 Å². The number of ether oxygens (including phenoxy) is 1. The number of benzene rings is 2. The first-order valence-electron chi connectivity index (χ1n) is 14.1. The molecule has 0 bridgehead atoms. The molecule has 42 heavy (non-hydrogen) atoms. The SMILES string of the molecule is C=S(=O)(c1cc(F)c(CSC(C)=N/C=C(\C)C(C)(C)c2ccc(F)c(OC)c2)c(Cl)c1)N(CCC[N+](C)(C)C)C1CC1. The molecule has 0 saturated heterocycles. The van der Waals surface area contributed by atoms with E-state index in [4.69, 9.17) is 16.3 Å². The van der Waals surface area contributed by atoms with Gasteiger partial charge in [0.1, 0.15) is 5.82 Å². The van der Waals surface area contributed by atoms with Gasteiger partial charge >= 0.3 is 0 Å². The molecule has 0 radical (unpaired) electrons. The number of thioether (sulfide) groups is 1. The van der Waals surface area contributed by atoms with E-state index in [1.165, 1.54) is 31.0 Å². The van der Waals surface area contributed by atoms with Crippen LogP contribution in [0.5, 0.6) is 5.75 Å². The summed E-state index contributed by atoms with van der Waals surface area (Å²) in [5.74, 6) is 3.64. The molecule has 1 atom stereocenters. The van der Waals surface area contributed by atoms with E-state index in [-0.39, 0.29) is 22.6 Å². The van der Waals surface area contributed by atoms with Gasteiger partial charge in [-0.25, -0.2) is 17.3 Å². The first-order chi connectivity index (χ1) is 19.5. The number of halogens is 3. The predicted molar refractivity (Wildman–Crippen MR) is 176 cm³/mol. The minimum atomic E-state index is -2.88. The first kappa shape index (κ1) is 34.6. The molecule has 1 fully saturated rings. The second kappa shape index (κ2) is 13.8. The average Bonchev–Trinajstić information content (AvgIpc) is 3.73. The Hall–Kier alpha value is -1.91.